The zero-order chi connectivity index (χ0) is 22.5. The summed E-state index contributed by atoms with van der Waals surface area (Å²) in [6.45, 7) is 2.16. The summed E-state index contributed by atoms with van der Waals surface area (Å²) in [5.74, 6) is 1.61. The molecule has 0 radical (unpaired) electrons. The van der Waals surface area contributed by atoms with Crippen LogP contribution in [0.1, 0.15) is 37.7 Å². The number of amides is 1. The van der Waals surface area contributed by atoms with Crippen LogP contribution in [0.2, 0.25) is 0 Å². The molecule has 2 heterocycles. The highest BCUT2D eigenvalue weighted by Gasteiger charge is 2.23. The van der Waals surface area contributed by atoms with E-state index in [2.05, 4.69) is 42.6 Å². The van der Waals surface area contributed by atoms with E-state index in [1.807, 2.05) is 23.1 Å². The largest absolute Gasteiger partial charge is 0.497 e. The fourth-order valence-corrected chi connectivity index (χ4v) is 5.22. The van der Waals surface area contributed by atoms with E-state index < -0.39 is 0 Å². The lowest BCUT2D eigenvalue weighted by Gasteiger charge is -2.26. The maximum Gasteiger partial charge on any atom is 0.223 e. The molecule has 0 saturated heterocycles. The molecule has 1 aliphatic rings. The van der Waals surface area contributed by atoms with Crippen molar-refractivity contribution >= 4 is 28.1 Å². The molecule has 0 atom stereocenters. The molecule has 0 spiro atoms. The summed E-state index contributed by atoms with van der Waals surface area (Å²) in [5.41, 5.74) is 2.97. The average Bonchev–Trinajstić information content (AvgIpc) is 3.50. The lowest BCUT2D eigenvalue weighted by molar-refractivity contribution is -0.133. The topological polar surface area (TPSA) is 45.7 Å². The third-order valence-corrected chi connectivity index (χ3v) is 7.20. The molecular weight excluding hydrogens is 418 g/mol. The van der Waals surface area contributed by atoms with Gasteiger partial charge in [0.2, 0.25) is 5.91 Å². The summed E-state index contributed by atoms with van der Waals surface area (Å²) in [5, 5.41) is 3.14. The number of pyridine rings is 1. The number of carbonyl (C=O) groups is 1. The van der Waals surface area contributed by atoms with Gasteiger partial charge in [-0.05, 0) is 68.1 Å². The fraction of sp³-hybridized carbons (Fsp3) is 0.462. The summed E-state index contributed by atoms with van der Waals surface area (Å²) in [6.07, 6.45) is 5.56. The van der Waals surface area contributed by atoms with Gasteiger partial charge >= 0.3 is 0 Å². The third-order valence-electron chi connectivity index (χ3n) is 6.33. The Bertz CT molecular complexity index is 1040. The number of hydrogen-bond acceptors (Lipinski definition) is 5. The number of carbonyl (C=O) groups excluding carboxylic acids is 1. The Morgan fingerprint density at radius 2 is 1.97 bits per heavy atom. The normalized spacial score (nSPS) is 14.4. The van der Waals surface area contributed by atoms with E-state index >= 15 is 0 Å². The monoisotopic (exact) mass is 451 g/mol. The summed E-state index contributed by atoms with van der Waals surface area (Å²) in [6, 6.07) is 12.3. The van der Waals surface area contributed by atoms with Crippen molar-refractivity contribution in [3.8, 4) is 16.3 Å². The maximum atomic E-state index is 13.3. The van der Waals surface area contributed by atoms with Crippen LogP contribution in [-0.4, -0.2) is 55.0 Å². The number of hydrogen-bond donors (Lipinski definition) is 0. The van der Waals surface area contributed by atoms with Gasteiger partial charge in [0.1, 0.15) is 5.75 Å². The first kappa shape index (κ1) is 22.7. The molecule has 1 amide bonds. The van der Waals surface area contributed by atoms with Crippen molar-refractivity contribution in [3.05, 3.63) is 47.3 Å². The minimum Gasteiger partial charge on any atom is -0.497 e. The third kappa shape index (κ3) is 5.48. The number of likely N-dealkylation sites (N-methyl/N-ethyl adjacent to an activating group) is 1. The molecule has 0 unspecified atom stereocenters. The highest BCUT2D eigenvalue weighted by atomic mass is 32.1. The van der Waals surface area contributed by atoms with Crippen molar-refractivity contribution < 1.29 is 9.53 Å². The van der Waals surface area contributed by atoms with Crippen LogP contribution in [0.15, 0.2) is 41.8 Å². The first-order valence-corrected chi connectivity index (χ1v) is 12.4. The molecule has 32 heavy (non-hydrogen) atoms. The van der Waals surface area contributed by atoms with E-state index in [1.165, 1.54) is 25.7 Å². The van der Waals surface area contributed by atoms with Crippen LogP contribution >= 0.6 is 11.3 Å². The number of ether oxygens (including phenoxy) is 1. The summed E-state index contributed by atoms with van der Waals surface area (Å²) >= 11 is 1.68. The van der Waals surface area contributed by atoms with Crippen LogP contribution in [0.25, 0.3) is 21.5 Å². The van der Waals surface area contributed by atoms with Crippen molar-refractivity contribution in [2.24, 2.45) is 5.92 Å². The first-order chi connectivity index (χ1) is 15.5. The van der Waals surface area contributed by atoms with E-state index in [9.17, 15) is 4.79 Å². The molecule has 1 aliphatic carbocycles. The Balaban J connectivity index is 1.67. The minimum absolute atomic E-state index is 0.269. The predicted octanol–water partition coefficient (Wildman–Crippen LogP) is 5.44. The van der Waals surface area contributed by atoms with Crippen molar-refractivity contribution in [1.29, 1.82) is 0 Å². The predicted molar refractivity (Wildman–Crippen MR) is 132 cm³/mol. The highest BCUT2D eigenvalue weighted by molar-refractivity contribution is 7.13. The van der Waals surface area contributed by atoms with Gasteiger partial charge in [0, 0.05) is 37.5 Å². The van der Waals surface area contributed by atoms with Crippen molar-refractivity contribution in [3.63, 3.8) is 0 Å². The van der Waals surface area contributed by atoms with E-state index in [4.69, 9.17) is 9.72 Å². The molecule has 2 aromatic heterocycles. The van der Waals surface area contributed by atoms with E-state index in [0.29, 0.717) is 18.9 Å². The Labute approximate surface area is 195 Å². The van der Waals surface area contributed by atoms with Crippen LogP contribution in [-0.2, 0) is 11.3 Å². The number of rotatable bonds is 9. The Hall–Kier alpha value is -2.44. The van der Waals surface area contributed by atoms with Gasteiger partial charge in [-0.15, -0.1) is 11.3 Å². The number of thiophene rings is 1. The van der Waals surface area contributed by atoms with Gasteiger partial charge in [0.25, 0.3) is 0 Å². The zero-order valence-corrected chi connectivity index (χ0v) is 20.2. The number of aromatic nitrogens is 1. The molecule has 5 nitrogen and oxygen atoms in total. The van der Waals surface area contributed by atoms with Gasteiger partial charge in [-0.25, -0.2) is 4.98 Å². The molecular formula is C26H33N3O2S. The number of nitrogens with zero attached hydrogens (tertiary/aromatic N) is 3. The molecule has 4 rings (SSSR count). The lowest BCUT2D eigenvalue weighted by Crippen LogP contribution is -2.37. The second-order valence-electron chi connectivity index (χ2n) is 9.01. The standard InChI is InChI=1S/C26H33N3O2S/c1-28(2)12-13-29(25(30)15-19-7-4-5-8-19)18-21-16-20-10-11-22(31-3)17-23(20)27-26(21)24-9-6-14-32-24/h6,9-11,14,16-17,19H,4-5,7-8,12-13,15,18H2,1-3H3. The van der Waals surface area contributed by atoms with Gasteiger partial charge < -0.3 is 14.5 Å². The van der Waals surface area contributed by atoms with E-state index in [0.717, 1.165) is 45.9 Å². The minimum atomic E-state index is 0.269. The van der Waals surface area contributed by atoms with E-state index in [-0.39, 0.29) is 5.91 Å². The summed E-state index contributed by atoms with van der Waals surface area (Å²) < 4.78 is 5.40. The van der Waals surface area contributed by atoms with Crippen LogP contribution < -0.4 is 4.74 Å². The first-order valence-electron chi connectivity index (χ1n) is 11.5. The van der Waals surface area contributed by atoms with Gasteiger partial charge in [0.05, 0.1) is 23.2 Å². The van der Waals surface area contributed by atoms with Gasteiger partial charge in [-0.2, -0.15) is 0 Å². The fourth-order valence-electron chi connectivity index (χ4n) is 4.47. The van der Waals surface area contributed by atoms with E-state index in [1.54, 1.807) is 18.4 Å². The van der Waals surface area contributed by atoms with Crippen molar-refractivity contribution in [2.75, 3.05) is 34.3 Å². The Morgan fingerprint density at radius 1 is 1.16 bits per heavy atom. The average molecular weight is 452 g/mol. The second-order valence-corrected chi connectivity index (χ2v) is 9.95. The van der Waals surface area contributed by atoms with Crippen LogP contribution in [0, 0.1) is 5.92 Å². The van der Waals surface area contributed by atoms with Crippen LogP contribution in [0.4, 0.5) is 0 Å². The number of fused-ring (bicyclic) bond motifs is 1. The molecule has 6 heteroatoms. The molecule has 170 valence electrons. The van der Waals surface area contributed by atoms with Crippen LogP contribution in [0.5, 0.6) is 5.75 Å². The van der Waals surface area contributed by atoms with Crippen LogP contribution in [0.3, 0.4) is 0 Å². The highest BCUT2D eigenvalue weighted by Crippen LogP contribution is 2.32. The molecule has 3 aromatic rings. The molecule has 0 N–H and O–H groups in total. The molecule has 0 bridgehead atoms. The second kappa shape index (κ2) is 10.5. The maximum absolute atomic E-state index is 13.3. The zero-order valence-electron chi connectivity index (χ0n) is 19.3. The smallest absolute Gasteiger partial charge is 0.223 e. The summed E-state index contributed by atoms with van der Waals surface area (Å²) in [4.78, 5) is 23.7. The molecule has 0 aliphatic heterocycles. The molecule has 1 fully saturated rings. The quantitative estimate of drug-likeness (QED) is 0.434. The SMILES string of the molecule is COc1ccc2cc(CN(CCN(C)C)C(=O)CC3CCCC3)c(-c3cccs3)nc2c1. The molecule has 1 saturated carbocycles. The lowest BCUT2D eigenvalue weighted by atomic mass is 10.0. The van der Waals surface area contributed by atoms with Gasteiger partial charge in [0.15, 0.2) is 0 Å². The Kier molecular flexibility index (Phi) is 7.43. The van der Waals surface area contributed by atoms with Crippen molar-refractivity contribution in [2.45, 2.75) is 38.6 Å². The van der Waals surface area contributed by atoms with Gasteiger partial charge in [-0.1, -0.05) is 18.9 Å². The number of benzene rings is 1. The summed E-state index contributed by atoms with van der Waals surface area (Å²) in [7, 11) is 5.79. The van der Waals surface area contributed by atoms with Gasteiger partial charge in [-0.3, -0.25) is 4.79 Å². The van der Waals surface area contributed by atoms with Crippen molar-refractivity contribution in [1.82, 2.24) is 14.8 Å². The Morgan fingerprint density at radius 3 is 2.66 bits per heavy atom. The number of methoxy groups -OCH3 is 1. The molecule has 1 aromatic carbocycles.